The van der Waals surface area contributed by atoms with Gasteiger partial charge >= 0.3 is 0 Å². The predicted octanol–water partition coefficient (Wildman–Crippen LogP) is 3.89. The third-order valence-electron chi connectivity index (χ3n) is 6.42. The molecule has 0 saturated carbocycles. The minimum absolute atomic E-state index is 0.000362. The third kappa shape index (κ3) is 4.72. The Morgan fingerprint density at radius 1 is 1.00 bits per heavy atom. The van der Waals surface area contributed by atoms with E-state index >= 15 is 0 Å². The Labute approximate surface area is 189 Å². The van der Waals surface area contributed by atoms with E-state index < -0.39 is 5.41 Å². The molecule has 1 saturated heterocycles. The molecular formula is C27H29N3O2. The molecule has 1 fully saturated rings. The summed E-state index contributed by atoms with van der Waals surface area (Å²) < 4.78 is 0. The van der Waals surface area contributed by atoms with Crippen LogP contribution >= 0.6 is 0 Å². The van der Waals surface area contributed by atoms with Crippen molar-refractivity contribution in [2.45, 2.75) is 25.7 Å². The fraction of sp³-hybridized carbons (Fsp3) is 0.296. The van der Waals surface area contributed by atoms with E-state index in [2.05, 4.69) is 22.4 Å². The maximum absolute atomic E-state index is 13.1. The number of rotatable bonds is 7. The van der Waals surface area contributed by atoms with E-state index in [1.54, 1.807) is 19.4 Å². The molecule has 1 aromatic heterocycles. The molecule has 2 heterocycles. The second-order valence-corrected chi connectivity index (χ2v) is 8.48. The second kappa shape index (κ2) is 9.77. The van der Waals surface area contributed by atoms with Crippen LogP contribution in [0.2, 0.25) is 0 Å². The average Bonchev–Trinajstić information content (AvgIpc) is 3.29. The van der Waals surface area contributed by atoms with Crippen LogP contribution in [0, 0.1) is 5.41 Å². The van der Waals surface area contributed by atoms with E-state index in [4.69, 9.17) is 0 Å². The van der Waals surface area contributed by atoms with Crippen LogP contribution in [0.15, 0.2) is 79.1 Å². The maximum atomic E-state index is 13.1. The lowest BCUT2D eigenvalue weighted by Crippen LogP contribution is -2.44. The summed E-state index contributed by atoms with van der Waals surface area (Å²) in [5.74, 6) is 0.113. The molecule has 1 atom stereocenters. The number of amides is 2. The van der Waals surface area contributed by atoms with Gasteiger partial charge in [-0.2, -0.15) is 0 Å². The summed E-state index contributed by atoms with van der Waals surface area (Å²) in [6, 6.07) is 22.2. The highest BCUT2D eigenvalue weighted by Gasteiger charge is 2.45. The van der Waals surface area contributed by atoms with Crippen LogP contribution in [0.3, 0.4) is 0 Å². The Kier molecular flexibility index (Phi) is 6.64. The summed E-state index contributed by atoms with van der Waals surface area (Å²) in [6.45, 7) is 1.06. The predicted molar refractivity (Wildman–Crippen MR) is 126 cm³/mol. The average molecular weight is 428 g/mol. The summed E-state index contributed by atoms with van der Waals surface area (Å²) >= 11 is 0. The standard InChI is InChI=1S/C27H29N3O2/c1-28-26(32)27(19-23-9-5-6-10-24(23)22-13-16-29-17-14-22)15-18-30(20-27)25(31)12-11-21-7-3-2-4-8-21/h2-10,13-14,16-17H,11-12,15,18-20H2,1H3,(H,28,32). The molecule has 32 heavy (non-hydrogen) atoms. The van der Waals surface area contributed by atoms with Gasteiger partial charge in [0.25, 0.3) is 0 Å². The zero-order valence-corrected chi connectivity index (χ0v) is 18.5. The van der Waals surface area contributed by atoms with E-state index in [9.17, 15) is 9.59 Å². The molecule has 2 amide bonds. The van der Waals surface area contributed by atoms with Gasteiger partial charge in [0.1, 0.15) is 0 Å². The number of nitrogens with zero attached hydrogens (tertiary/aromatic N) is 2. The van der Waals surface area contributed by atoms with Crippen molar-refractivity contribution in [1.29, 1.82) is 0 Å². The molecule has 2 aromatic carbocycles. The number of carbonyl (C=O) groups is 2. The van der Waals surface area contributed by atoms with Crippen LogP contribution in [0.4, 0.5) is 0 Å². The van der Waals surface area contributed by atoms with Crippen LogP contribution in [0.1, 0.15) is 24.0 Å². The number of hydrogen-bond acceptors (Lipinski definition) is 3. The lowest BCUT2D eigenvalue weighted by Gasteiger charge is -2.28. The van der Waals surface area contributed by atoms with Crippen molar-refractivity contribution in [3.05, 3.63) is 90.3 Å². The summed E-state index contributed by atoms with van der Waals surface area (Å²) in [5.41, 5.74) is 3.83. The number of benzene rings is 2. The van der Waals surface area contributed by atoms with Crippen molar-refractivity contribution in [3.63, 3.8) is 0 Å². The second-order valence-electron chi connectivity index (χ2n) is 8.48. The molecule has 3 aromatic rings. The van der Waals surface area contributed by atoms with Crippen LogP contribution in [0.5, 0.6) is 0 Å². The van der Waals surface area contributed by atoms with Gasteiger partial charge in [0.05, 0.1) is 5.41 Å². The highest BCUT2D eigenvalue weighted by Crippen LogP contribution is 2.37. The quantitative estimate of drug-likeness (QED) is 0.622. The van der Waals surface area contributed by atoms with Gasteiger partial charge in [-0.15, -0.1) is 0 Å². The van der Waals surface area contributed by atoms with E-state index in [0.717, 1.165) is 22.3 Å². The third-order valence-corrected chi connectivity index (χ3v) is 6.42. The minimum Gasteiger partial charge on any atom is -0.359 e. The van der Waals surface area contributed by atoms with Crippen LogP contribution in [-0.2, 0) is 22.4 Å². The molecule has 1 unspecified atom stereocenters. The Balaban J connectivity index is 1.52. The smallest absolute Gasteiger partial charge is 0.228 e. The maximum Gasteiger partial charge on any atom is 0.228 e. The van der Waals surface area contributed by atoms with Crippen molar-refractivity contribution < 1.29 is 9.59 Å². The first-order valence-electron chi connectivity index (χ1n) is 11.1. The molecule has 1 aliphatic rings. The first-order valence-corrected chi connectivity index (χ1v) is 11.1. The minimum atomic E-state index is -0.625. The Bertz CT molecular complexity index is 1070. The zero-order valence-electron chi connectivity index (χ0n) is 18.5. The number of pyridine rings is 1. The van der Waals surface area contributed by atoms with Crippen molar-refractivity contribution >= 4 is 11.8 Å². The van der Waals surface area contributed by atoms with Gasteiger partial charge in [-0.1, -0.05) is 54.6 Å². The normalized spacial score (nSPS) is 17.8. The number of nitrogens with one attached hydrogen (secondary N) is 1. The molecule has 164 valence electrons. The van der Waals surface area contributed by atoms with Crippen molar-refractivity contribution in [2.75, 3.05) is 20.1 Å². The molecule has 5 heteroatoms. The lowest BCUT2D eigenvalue weighted by atomic mass is 9.78. The molecule has 4 rings (SSSR count). The van der Waals surface area contributed by atoms with Crippen molar-refractivity contribution in [1.82, 2.24) is 15.2 Å². The molecule has 5 nitrogen and oxygen atoms in total. The van der Waals surface area contributed by atoms with E-state index in [0.29, 0.717) is 38.8 Å². The largest absolute Gasteiger partial charge is 0.359 e. The van der Waals surface area contributed by atoms with Gasteiger partial charge in [0.2, 0.25) is 11.8 Å². The molecule has 0 radical (unpaired) electrons. The summed E-state index contributed by atoms with van der Waals surface area (Å²) in [4.78, 5) is 32.0. The van der Waals surface area contributed by atoms with E-state index in [-0.39, 0.29) is 11.8 Å². The molecule has 0 aliphatic carbocycles. The number of aromatic nitrogens is 1. The topological polar surface area (TPSA) is 62.3 Å². The number of aryl methyl sites for hydroxylation is 1. The van der Waals surface area contributed by atoms with Gasteiger partial charge in [-0.3, -0.25) is 14.6 Å². The van der Waals surface area contributed by atoms with Gasteiger partial charge in [-0.25, -0.2) is 0 Å². The first-order chi connectivity index (χ1) is 15.6. The van der Waals surface area contributed by atoms with Crippen molar-refractivity contribution in [2.24, 2.45) is 5.41 Å². The molecule has 1 N–H and O–H groups in total. The van der Waals surface area contributed by atoms with Crippen LogP contribution < -0.4 is 5.32 Å². The number of carbonyl (C=O) groups excluding carboxylic acids is 2. The molecule has 0 bridgehead atoms. The van der Waals surface area contributed by atoms with Crippen molar-refractivity contribution in [3.8, 4) is 11.1 Å². The fourth-order valence-electron chi connectivity index (χ4n) is 4.67. The monoisotopic (exact) mass is 427 g/mol. The van der Waals surface area contributed by atoms with Gasteiger partial charge < -0.3 is 10.2 Å². The van der Waals surface area contributed by atoms with Crippen LogP contribution in [-0.4, -0.2) is 41.8 Å². The first kappa shape index (κ1) is 21.8. The van der Waals surface area contributed by atoms with Gasteiger partial charge in [0.15, 0.2) is 0 Å². The number of hydrogen-bond donors (Lipinski definition) is 1. The van der Waals surface area contributed by atoms with E-state index in [1.165, 1.54) is 0 Å². The Hall–Kier alpha value is -3.47. The Morgan fingerprint density at radius 2 is 1.72 bits per heavy atom. The highest BCUT2D eigenvalue weighted by atomic mass is 16.2. The summed E-state index contributed by atoms with van der Waals surface area (Å²) in [6.07, 6.45) is 5.99. The summed E-state index contributed by atoms with van der Waals surface area (Å²) in [5, 5.41) is 2.86. The van der Waals surface area contributed by atoms with E-state index in [1.807, 2.05) is 59.5 Å². The lowest BCUT2D eigenvalue weighted by molar-refractivity contribution is -0.133. The van der Waals surface area contributed by atoms with Gasteiger partial charge in [-0.05, 0) is 53.6 Å². The SMILES string of the molecule is CNC(=O)C1(Cc2ccccc2-c2ccncc2)CCN(C(=O)CCc2ccccc2)C1. The Morgan fingerprint density at radius 3 is 2.47 bits per heavy atom. The molecule has 1 aliphatic heterocycles. The highest BCUT2D eigenvalue weighted by molar-refractivity contribution is 5.86. The number of likely N-dealkylation sites (tertiary alicyclic amines) is 1. The van der Waals surface area contributed by atoms with Crippen LogP contribution in [0.25, 0.3) is 11.1 Å². The molecular weight excluding hydrogens is 398 g/mol. The molecule has 0 spiro atoms. The zero-order chi connectivity index (χ0) is 22.4. The van der Waals surface area contributed by atoms with Gasteiger partial charge in [0, 0.05) is 39.0 Å². The fourth-order valence-corrected chi connectivity index (χ4v) is 4.67. The summed E-state index contributed by atoms with van der Waals surface area (Å²) in [7, 11) is 1.68.